The predicted octanol–water partition coefficient (Wildman–Crippen LogP) is 3.45. The number of benzene rings is 2. The Kier molecular flexibility index (Phi) is 6.67. The first-order valence-electron chi connectivity index (χ1n) is 8.98. The van der Waals surface area contributed by atoms with Gasteiger partial charge in [0.25, 0.3) is 0 Å². The largest absolute Gasteiger partial charge is 0.494 e. The molecule has 0 aromatic heterocycles. The quantitative estimate of drug-likeness (QED) is 0.240. The summed E-state index contributed by atoms with van der Waals surface area (Å²) in [6, 6.07) is 13.0. The monoisotopic (exact) mass is 396 g/mol. The van der Waals surface area contributed by atoms with E-state index in [-0.39, 0.29) is 12.5 Å². The van der Waals surface area contributed by atoms with Gasteiger partial charge in [-0.15, -0.1) is 0 Å². The third-order valence-electron chi connectivity index (χ3n) is 4.29. The number of rotatable bonds is 8. The van der Waals surface area contributed by atoms with Crippen molar-refractivity contribution in [2.75, 3.05) is 20.3 Å². The van der Waals surface area contributed by atoms with Crippen molar-refractivity contribution < 1.29 is 24.1 Å². The van der Waals surface area contributed by atoms with Gasteiger partial charge in [0.2, 0.25) is 5.90 Å². The van der Waals surface area contributed by atoms with Crippen molar-refractivity contribution in [1.29, 1.82) is 0 Å². The van der Waals surface area contributed by atoms with Crippen LogP contribution in [-0.4, -0.2) is 43.3 Å². The van der Waals surface area contributed by atoms with Crippen LogP contribution in [0.2, 0.25) is 0 Å². The van der Waals surface area contributed by atoms with E-state index in [1.54, 1.807) is 48.5 Å². The Bertz CT molecular complexity index is 938. The van der Waals surface area contributed by atoms with Gasteiger partial charge in [-0.2, -0.15) is 0 Å². The molecule has 0 bridgehead atoms. The van der Waals surface area contributed by atoms with Crippen molar-refractivity contribution >= 4 is 17.6 Å². The molecule has 9 nitrogen and oxygen atoms in total. The maximum absolute atomic E-state index is 12.3. The molecule has 150 valence electrons. The molecule has 0 radical (unpaired) electrons. The average molecular weight is 396 g/mol. The molecule has 0 spiro atoms. The summed E-state index contributed by atoms with van der Waals surface area (Å²) in [4.78, 5) is 19.5. The second-order valence-corrected chi connectivity index (χ2v) is 6.14. The van der Waals surface area contributed by atoms with Crippen LogP contribution in [0.3, 0.4) is 0 Å². The molecule has 0 unspecified atom stereocenters. The van der Waals surface area contributed by atoms with E-state index >= 15 is 0 Å². The number of hydrogen-bond acceptors (Lipinski definition) is 7. The molecule has 0 saturated heterocycles. The molecule has 9 heteroatoms. The van der Waals surface area contributed by atoms with Crippen molar-refractivity contribution in [3.05, 3.63) is 70.1 Å². The van der Waals surface area contributed by atoms with Crippen molar-refractivity contribution in [2.24, 2.45) is 10.1 Å². The highest BCUT2D eigenvalue weighted by Crippen LogP contribution is 2.37. The number of hydrogen-bond donors (Lipinski definition) is 1. The van der Waals surface area contributed by atoms with Gasteiger partial charge in [-0.25, -0.2) is 9.79 Å². The minimum atomic E-state index is -0.925. The Hall–Kier alpha value is -3.55. The van der Waals surface area contributed by atoms with Crippen molar-refractivity contribution in [2.45, 2.75) is 18.6 Å². The minimum Gasteiger partial charge on any atom is -0.494 e. The molecule has 29 heavy (non-hydrogen) atoms. The number of azide groups is 1. The van der Waals surface area contributed by atoms with Gasteiger partial charge in [-0.1, -0.05) is 29.4 Å². The van der Waals surface area contributed by atoms with Crippen LogP contribution in [0.4, 0.5) is 5.69 Å². The SMILES string of the molecule is COC(=O)[C@H]1N=C(c2ccc(OCCCO)cc2)O[C@H]1c1ccccc1N=[N+]=[N-]. The molecule has 1 aliphatic heterocycles. The predicted molar refractivity (Wildman–Crippen MR) is 105 cm³/mol. The van der Waals surface area contributed by atoms with Crippen LogP contribution in [0, 0.1) is 0 Å². The summed E-state index contributed by atoms with van der Waals surface area (Å²) in [7, 11) is 1.28. The van der Waals surface area contributed by atoms with Gasteiger partial charge in [0.1, 0.15) is 5.75 Å². The van der Waals surface area contributed by atoms with Crippen LogP contribution in [0.5, 0.6) is 5.75 Å². The van der Waals surface area contributed by atoms with E-state index in [1.807, 2.05) is 0 Å². The molecule has 0 amide bonds. The highest BCUT2D eigenvalue weighted by atomic mass is 16.5. The Morgan fingerprint density at radius 1 is 1.28 bits per heavy atom. The average Bonchev–Trinajstić information content (AvgIpc) is 3.20. The lowest BCUT2D eigenvalue weighted by molar-refractivity contribution is -0.143. The fourth-order valence-electron chi connectivity index (χ4n) is 2.90. The summed E-state index contributed by atoms with van der Waals surface area (Å²) in [5.41, 5.74) is 10.4. The molecule has 0 fully saturated rings. The first-order chi connectivity index (χ1) is 14.2. The van der Waals surface area contributed by atoms with Gasteiger partial charge in [0, 0.05) is 34.8 Å². The molecule has 0 aliphatic carbocycles. The molecule has 1 aliphatic rings. The summed E-state index contributed by atoms with van der Waals surface area (Å²) in [6.45, 7) is 0.479. The number of aliphatic hydroxyl groups is 1. The summed E-state index contributed by atoms with van der Waals surface area (Å²) < 4.78 is 16.4. The van der Waals surface area contributed by atoms with Crippen LogP contribution >= 0.6 is 0 Å². The lowest BCUT2D eigenvalue weighted by Gasteiger charge is -2.18. The minimum absolute atomic E-state index is 0.0658. The fraction of sp³-hybridized carbons (Fsp3) is 0.300. The zero-order valence-corrected chi connectivity index (χ0v) is 15.8. The van der Waals surface area contributed by atoms with E-state index in [4.69, 9.17) is 24.8 Å². The van der Waals surface area contributed by atoms with Crippen molar-refractivity contribution in [3.8, 4) is 5.75 Å². The standard InChI is InChI=1S/C20H20N4O5/c1-27-20(26)17-18(15-5-2-3-6-16(15)23-24-21)29-19(22-17)13-7-9-14(10-8-13)28-12-4-11-25/h2-3,5-10,17-18,25H,4,11-12H2,1H3/t17-,18-/m0/s1. The van der Waals surface area contributed by atoms with E-state index in [2.05, 4.69) is 15.0 Å². The first kappa shape index (κ1) is 20.2. The number of aliphatic imine (C=N–C) groups is 1. The number of carbonyl (C=O) groups excluding carboxylic acids is 1. The number of aliphatic hydroxyl groups excluding tert-OH is 1. The molecule has 1 heterocycles. The van der Waals surface area contributed by atoms with Crippen LogP contribution in [0.1, 0.15) is 23.7 Å². The Morgan fingerprint density at radius 3 is 2.72 bits per heavy atom. The van der Waals surface area contributed by atoms with Gasteiger partial charge in [0.05, 0.1) is 13.7 Å². The maximum Gasteiger partial charge on any atom is 0.335 e. The van der Waals surface area contributed by atoms with Gasteiger partial charge in [-0.05, 0) is 29.8 Å². The van der Waals surface area contributed by atoms with Gasteiger partial charge in [0.15, 0.2) is 12.1 Å². The van der Waals surface area contributed by atoms with Gasteiger partial charge < -0.3 is 19.3 Å². The van der Waals surface area contributed by atoms with Gasteiger partial charge >= 0.3 is 5.97 Å². The third kappa shape index (κ3) is 4.66. The Balaban J connectivity index is 1.86. The third-order valence-corrected chi connectivity index (χ3v) is 4.29. The van der Waals surface area contributed by atoms with Crippen molar-refractivity contribution in [3.63, 3.8) is 0 Å². The molecule has 2 aromatic rings. The molecule has 2 aromatic carbocycles. The highest BCUT2D eigenvalue weighted by Gasteiger charge is 2.39. The molecular formula is C20H20N4O5. The number of carbonyl (C=O) groups is 1. The lowest BCUT2D eigenvalue weighted by Crippen LogP contribution is -2.25. The zero-order valence-electron chi connectivity index (χ0n) is 15.8. The normalized spacial score (nSPS) is 17.7. The summed E-state index contributed by atoms with van der Waals surface area (Å²) in [5, 5.41) is 12.5. The van der Waals surface area contributed by atoms with E-state index < -0.39 is 18.1 Å². The second-order valence-electron chi connectivity index (χ2n) is 6.14. The maximum atomic E-state index is 12.3. The van der Waals surface area contributed by atoms with Crippen LogP contribution in [0.15, 0.2) is 58.6 Å². The summed E-state index contributed by atoms with van der Waals surface area (Å²) >= 11 is 0. The van der Waals surface area contributed by atoms with E-state index in [0.717, 1.165) is 0 Å². The Labute approximate surface area is 167 Å². The molecule has 2 atom stereocenters. The smallest absolute Gasteiger partial charge is 0.335 e. The summed E-state index contributed by atoms with van der Waals surface area (Å²) in [6.07, 6.45) is -0.232. The molecule has 3 rings (SSSR count). The van der Waals surface area contributed by atoms with Crippen LogP contribution in [0.25, 0.3) is 10.4 Å². The summed E-state index contributed by atoms with van der Waals surface area (Å²) in [5.74, 6) is 0.378. The van der Waals surface area contributed by atoms with Gasteiger partial charge in [-0.3, -0.25) is 0 Å². The number of methoxy groups -OCH3 is 1. The number of esters is 1. The topological polar surface area (TPSA) is 126 Å². The van der Waals surface area contributed by atoms with E-state index in [0.29, 0.717) is 35.6 Å². The Morgan fingerprint density at radius 2 is 2.03 bits per heavy atom. The van der Waals surface area contributed by atoms with Crippen molar-refractivity contribution in [1.82, 2.24) is 0 Å². The van der Waals surface area contributed by atoms with E-state index in [9.17, 15) is 4.79 Å². The number of nitrogens with zero attached hydrogens (tertiary/aromatic N) is 4. The van der Waals surface area contributed by atoms with Crippen LogP contribution < -0.4 is 4.74 Å². The molecule has 1 N–H and O–H groups in total. The number of ether oxygens (including phenoxy) is 3. The zero-order chi connectivity index (χ0) is 20.6. The van der Waals surface area contributed by atoms with E-state index in [1.165, 1.54) is 7.11 Å². The lowest BCUT2D eigenvalue weighted by atomic mass is 10.0. The molecule has 0 saturated carbocycles. The highest BCUT2D eigenvalue weighted by molar-refractivity contribution is 5.98. The molecular weight excluding hydrogens is 376 g/mol. The second kappa shape index (κ2) is 9.59. The fourth-order valence-corrected chi connectivity index (χ4v) is 2.90. The van der Waals surface area contributed by atoms with Crippen LogP contribution in [-0.2, 0) is 14.3 Å². The first-order valence-corrected chi connectivity index (χ1v) is 8.98.